The predicted molar refractivity (Wildman–Crippen MR) is 111 cm³/mol. The highest BCUT2D eigenvalue weighted by atomic mass is 35.5. The lowest BCUT2D eigenvalue weighted by Gasteiger charge is -2.35. The summed E-state index contributed by atoms with van der Waals surface area (Å²) >= 11 is 0. The number of H-pyrrole nitrogens is 1. The van der Waals surface area contributed by atoms with Gasteiger partial charge in [0, 0.05) is 43.0 Å². The maximum Gasteiger partial charge on any atom is 0.270 e. The molecule has 2 aromatic rings. The van der Waals surface area contributed by atoms with Crippen LogP contribution in [0.4, 0.5) is 0 Å². The van der Waals surface area contributed by atoms with Crippen molar-refractivity contribution in [3.63, 3.8) is 0 Å². The molecule has 2 saturated heterocycles. The lowest BCUT2D eigenvalue weighted by Crippen LogP contribution is -2.51. The van der Waals surface area contributed by atoms with E-state index >= 15 is 0 Å². The minimum absolute atomic E-state index is 0. The molecule has 28 heavy (non-hydrogen) atoms. The minimum Gasteiger partial charge on any atom is -0.351 e. The van der Waals surface area contributed by atoms with Gasteiger partial charge in [-0.2, -0.15) is 0 Å². The van der Waals surface area contributed by atoms with E-state index in [4.69, 9.17) is 0 Å². The lowest BCUT2D eigenvalue weighted by atomic mass is 9.91. The van der Waals surface area contributed by atoms with Crippen molar-refractivity contribution >= 4 is 35.1 Å². The number of benzene rings is 1. The molecule has 1 saturated carbocycles. The van der Waals surface area contributed by atoms with E-state index in [0.29, 0.717) is 37.8 Å². The fourth-order valence-electron chi connectivity index (χ4n) is 4.88. The number of nitrogens with zero attached hydrogens (tertiary/aromatic N) is 2. The third-order valence-corrected chi connectivity index (χ3v) is 6.73. The molecular formula is C21H27ClN4O2. The number of nitrogens with one attached hydrogen (secondary N) is 2. The van der Waals surface area contributed by atoms with Gasteiger partial charge in [0.05, 0.1) is 0 Å². The zero-order chi connectivity index (χ0) is 18.4. The molecule has 1 spiro atoms. The Morgan fingerprint density at radius 1 is 1.00 bits per heavy atom. The van der Waals surface area contributed by atoms with E-state index in [1.54, 1.807) is 0 Å². The molecule has 3 aliphatic rings. The van der Waals surface area contributed by atoms with Gasteiger partial charge in [-0.15, -0.1) is 12.4 Å². The number of halogens is 1. The van der Waals surface area contributed by atoms with Crippen molar-refractivity contribution < 1.29 is 9.59 Å². The van der Waals surface area contributed by atoms with E-state index in [-0.39, 0.29) is 29.6 Å². The molecule has 6 nitrogen and oxygen atoms in total. The SMILES string of the molecule is Cl.O=C(c1cc2ccccc2[nH]1)N1CCN(C(=O)C2CC23CCNCC3)CC1. The van der Waals surface area contributed by atoms with Crippen LogP contribution in [0.1, 0.15) is 29.8 Å². The van der Waals surface area contributed by atoms with Gasteiger partial charge >= 0.3 is 0 Å². The van der Waals surface area contributed by atoms with Crippen LogP contribution in [0.2, 0.25) is 0 Å². The van der Waals surface area contributed by atoms with Crippen LogP contribution in [0.15, 0.2) is 30.3 Å². The molecule has 2 aliphatic heterocycles. The maximum atomic E-state index is 12.9. The zero-order valence-corrected chi connectivity index (χ0v) is 16.8. The Morgan fingerprint density at radius 3 is 2.39 bits per heavy atom. The Morgan fingerprint density at radius 2 is 1.68 bits per heavy atom. The molecule has 7 heteroatoms. The first-order valence-electron chi connectivity index (χ1n) is 10.0. The Hall–Kier alpha value is -2.05. The fourth-order valence-corrected chi connectivity index (χ4v) is 4.88. The Labute approximate surface area is 171 Å². The average molecular weight is 403 g/mol. The molecule has 3 fully saturated rings. The summed E-state index contributed by atoms with van der Waals surface area (Å²) in [5, 5.41) is 4.44. The number of aromatic amines is 1. The van der Waals surface area contributed by atoms with Crippen LogP contribution in [0, 0.1) is 11.3 Å². The molecule has 2 amide bonds. The molecule has 3 heterocycles. The van der Waals surface area contributed by atoms with Gasteiger partial charge in [-0.1, -0.05) is 18.2 Å². The summed E-state index contributed by atoms with van der Waals surface area (Å²) in [6.07, 6.45) is 3.31. The molecule has 1 aliphatic carbocycles. The highest BCUT2D eigenvalue weighted by molar-refractivity contribution is 5.98. The highest BCUT2D eigenvalue weighted by Gasteiger charge is 2.58. The van der Waals surface area contributed by atoms with Gasteiger partial charge in [-0.3, -0.25) is 9.59 Å². The number of rotatable bonds is 2. The number of piperazine rings is 1. The van der Waals surface area contributed by atoms with Crippen molar-refractivity contribution in [1.29, 1.82) is 0 Å². The van der Waals surface area contributed by atoms with Crippen LogP contribution in [0.5, 0.6) is 0 Å². The van der Waals surface area contributed by atoms with Crippen LogP contribution in [-0.2, 0) is 4.79 Å². The maximum absolute atomic E-state index is 12.9. The molecule has 2 N–H and O–H groups in total. The summed E-state index contributed by atoms with van der Waals surface area (Å²) in [6, 6.07) is 9.84. The third-order valence-electron chi connectivity index (χ3n) is 6.73. The smallest absolute Gasteiger partial charge is 0.270 e. The summed E-state index contributed by atoms with van der Waals surface area (Å²) in [7, 11) is 0. The minimum atomic E-state index is 0. The third kappa shape index (κ3) is 3.29. The number of piperidine rings is 1. The first kappa shape index (κ1) is 19.3. The van der Waals surface area contributed by atoms with Crippen molar-refractivity contribution in [2.45, 2.75) is 19.3 Å². The summed E-state index contributed by atoms with van der Waals surface area (Å²) in [4.78, 5) is 32.8. The van der Waals surface area contributed by atoms with Gasteiger partial charge in [-0.05, 0) is 49.9 Å². The molecule has 1 aromatic carbocycles. The van der Waals surface area contributed by atoms with E-state index in [0.717, 1.165) is 43.3 Å². The van der Waals surface area contributed by atoms with Gasteiger partial charge < -0.3 is 20.1 Å². The molecule has 1 aromatic heterocycles. The second kappa shape index (κ2) is 7.41. The van der Waals surface area contributed by atoms with Crippen molar-refractivity contribution in [3.8, 4) is 0 Å². The second-order valence-corrected chi connectivity index (χ2v) is 8.26. The van der Waals surface area contributed by atoms with Gasteiger partial charge in [0.25, 0.3) is 5.91 Å². The van der Waals surface area contributed by atoms with Crippen LogP contribution < -0.4 is 5.32 Å². The lowest BCUT2D eigenvalue weighted by molar-refractivity contribution is -0.135. The summed E-state index contributed by atoms with van der Waals surface area (Å²) < 4.78 is 0. The molecule has 1 unspecified atom stereocenters. The van der Waals surface area contributed by atoms with Crippen molar-refractivity contribution in [2.75, 3.05) is 39.3 Å². The summed E-state index contributed by atoms with van der Waals surface area (Å²) in [5.74, 6) is 0.560. The number of hydrogen-bond acceptors (Lipinski definition) is 3. The largest absolute Gasteiger partial charge is 0.351 e. The normalized spacial score (nSPS) is 23.5. The Balaban J connectivity index is 0.00000192. The highest BCUT2D eigenvalue weighted by Crippen LogP contribution is 2.59. The van der Waals surface area contributed by atoms with Crippen LogP contribution in [-0.4, -0.2) is 65.9 Å². The number of carbonyl (C=O) groups excluding carboxylic acids is 2. The zero-order valence-electron chi connectivity index (χ0n) is 15.9. The second-order valence-electron chi connectivity index (χ2n) is 8.26. The quantitative estimate of drug-likeness (QED) is 0.809. The molecule has 5 rings (SSSR count). The van der Waals surface area contributed by atoms with Gasteiger partial charge in [0.2, 0.25) is 5.91 Å². The van der Waals surface area contributed by atoms with Crippen LogP contribution in [0.25, 0.3) is 10.9 Å². The van der Waals surface area contributed by atoms with Crippen molar-refractivity contribution in [1.82, 2.24) is 20.1 Å². The first-order chi connectivity index (χ1) is 13.2. The fraction of sp³-hybridized carbons (Fsp3) is 0.524. The van der Waals surface area contributed by atoms with Crippen molar-refractivity contribution in [2.24, 2.45) is 11.3 Å². The molecule has 0 bridgehead atoms. The Kier molecular flexibility index (Phi) is 5.10. The standard InChI is InChI=1S/C21H26N4O2.ClH/c26-19(16-14-21(16)5-7-22-8-6-21)24-9-11-25(12-10-24)20(27)18-13-15-3-1-2-4-17(15)23-18;/h1-4,13,16,22-23H,5-12,14H2;1H. The Bertz CT molecular complexity index is 848. The molecule has 0 radical (unpaired) electrons. The molecule has 150 valence electrons. The number of para-hydroxylation sites is 1. The number of hydrogen-bond donors (Lipinski definition) is 2. The number of carbonyl (C=O) groups is 2. The van der Waals surface area contributed by atoms with Crippen LogP contribution >= 0.6 is 12.4 Å². The molecular weight excluding hydrogens is 376 g/mol. The predicted octanol–water partition coefficient (Wildman–Crippen LogP) is 2.26. The van der Waals surface area contributed by atoms with E-state index < -0.39 is 0 Å². The molecule has 1 atom stereocenters. The van der Waals surface area contributed by atoms with E-state index in [9.17, 15) is 9.59 Å². The first-order valence-corrected chi connectivity index (χ1v) is 10.0. The monoisotopic (exact) mass is 402 g/mol. The van der Waals surface area contributed by atoms with E-state index in [2.05, 4.69) is 10.3 Å². The van der Waals surface area contributed by atoms with Crippen molar-refractivity contribution in [3.05, 3.63) is 36.0 Å². The summed E-state index contributed by atoms with van der Waals surface area (Å²) in [6.45, 7) is 4.60. The van der Waals surface area contributed by atoms with Crippen LogP contribution in [0.3, 0.4) is 0 Å². The van der Waals surface area contributed by atoms with Gasteiger partial charge in [-0.25, -0.2) is 0 Å². The van der Waals surface area contributed by atoms with E-state index in [1.165, 1.54) is 0 Å². The average Bonchev–Trinajstić information content (AvgIpc) is 3.22. The summed E-state index contributed by atoms with van der Waals surface area (Å²) in [5.41, 5.74) is 1.89. The number of fused-ring (bicyclic) bond motifs is 1. The number of amides is 2. The van der Waals surface area contributed by atoms with Gasteiger partial charge in [0.15, 0.2) is 0 Å². The number of aromatic nitrogens is 1. The topological polar surface area (TPSA) is 68.4 Å². The van der Waals surface area contributed by atoms with Gasteiger partial charge in [0.1, 0.15) is 5.69 Å². The van der Waals surface area contributed by atoms with E-state index in [1.807, 2.05) is 40.1 Å².